The monoisotopic (exact) mass is 304 g/mol. The molecule has 0 radical (unpaired) electrons. The summed E-state index contributed by atoms with van der Waals surface area (Å²) in [4.78, 5) is 11.6. The lowest BCUT2D eigenvalue weighted by atomic mass is 10.0. The molecule has 1 atom stereocenters. The first-order valence-corrected chi connectivity index (χ1v) is 7.34. The molecule has 0 bridgehead atoms. The first-order valence-electron chi connectivity index (χ1n) is 7.34. The van der Waals surface area contributed by atoms with Gasteiger partial charge in [-0.05, 0) is 52.3 Å². The molecule has 1 N–H and O–H groups in total. The predicted molar refractivity (Wildman–Crippen MR) is 84.8 cm³/mol. The molecular formula is C17H24N2O3. The normalized spacial score (nSPS) is 12.4. The fraction of sp³-hybridized carbons (Fsp3) is 0.529. The molecule has 5 heteroatoms. The Morgan fingerprint density at radius 1 is 1.27 bits per heavy atom. The Kier molecular flexibility index (Phi) is 6.24. The van der Waals surface area contributed by atoms with Crippen molar-refractivity contribution < 1.29 is 14.3 Å². The molecule has 22 heavy (non-hydrogen) atoms. The summed E-state index contributed by atoms with van der Waals surface area (Å²) >= 11 is 0. The number of nitriles is 1. The van der Waals surface area contributed by atoms with E-state index in [4.69, 9.17) is 9.47 Å². The van der Waals surface area contributed by atoms with E-state index < -0.39 is 17.6 Å². The first kappa shape index (κ1) is 17.8. The lowest BCUT2D eigenvalue weighted by Gasteiger charge is -2.20. The van der Waals surface area contributed by atoms with Crippen molar-refractivity contribution in [2.75, 3.05) is 6.54 Å². The maximum absolute atomic E-state index is 11.6. The highest BCUT2D eigenvalue weighted by atomic mass is 16.6. The molecule has 1 aromatic rings. The molecule has 120 valence electrons. The van der Waals surface area contributed by atoms with Gasteiger partial charge in [0.05, 0.1) is 18.1 Å². The van der Waals surface area contributed by atoms with E-state index in [1.807, 2.05) is 38.1 Å². The van der Waals surface area contributed by atoms with Crippen LogP contribution in [-0.2, 0) is 4.74 Å². The fourth-order valence-corrected chi connectivity index (χ4v) is 1.79. The van der Waals surface area contributed by atoms with E-state index in [1.165, 1.54) is 0 Å². The smallest absolute Gasteiger partial charge is 0.407 e. The molecule has 0 aliphatic rings. The Morgan fingerprint density at radius 3 is 2.32 bits per heavy atom. The van der Waals surface area contributed by atoms with Crippen LogP contribution >= 0.6 is 0 Å². The van der Waals surface area contributed by atoms with Gasteiger partial charge in [-0.2, -0.15) is 5.26 Å². The minimum atomic E-state index is -0.554. The number of ether oxygens (including phenoxy) is 2. The van der Waals surface area contributed by atoms with Crippen LogP contribution in [-0.4, -0.2) is 24.3 Å². The first-order chi connectivity index (χ1) is 10.2. The number of nitrogens with zero attached hydrogens (tertiary/aromatic N) is 1. The van der Waals surface area contributed by atoms with Crippen LogP contribution in [0.3, 0.4) is 0 Å². The summed E-state index contributed by atoms with van der Waals surface area (Å²) in [5.41, 5.74) is 0.275. The van der Waals surface area contributed by atoms with Crippen LogP contribution < -0.4 is 10.1 Å². The Hall–Kier alpha value is -2.22. The molecule has 0 fully saturated rings. The van der Waals surface area contributed by atoms with Gasteiger partial charge in [0.2, 0.25) is 0 Å². The van der Waals surface area contributed by atoms with Crippen LogP contribution in [0.25, 0.3) is 0 Å². The maximum Gasteiger partial charge on any atom is 0.407 e. The number of rotatable bonds is 5. The van der Waals surface area contributed by atoms with E-state index in [2.05, 4.69) is 11.4 Å². The molecule has 0 aliphatic heterocycles. The van der Waals surface area contributed by atoms with Gasteiger partial charge in [0, 0.05) is 6.54 Å². The summed E-state index contributed by atoms with van der Waals surface area (Å²) in [7, 11) is 0. The van der Waals surface area contributed by atoms with Gasteiger partial charge in [-0.1, -0.05) is 12.1 Å². The Balaban J connectivity index is 2.61. The highest BCUT2D eigenvalue weighted by Crippen LogP contribution is 2.19. The van der Waals surface area contributed by atoms with Crippen molar-refractivity contribution in [2.24, 2.45) is 0 Å². The second-order valence-corrected chi connectivity index (χ2v) is 6.30. The number of hydrogen-bond donors (Lipinski definition) is 1. The summed E-state index contributed by atoms with van der Waals surface area (Å²) in [5.74, 6) is 0.330. The van der Waals surface area contributed by atoms with Gasteiger partial charge >= 0.3 is 6.09 Å². The van der Waals surface area contributed by atoms with Gasteiger partial charge in [-0.15, -0.1) is 0 Å². The number of carbonyl (C=O) groups excluding carboxylic acids is 1. The summed E-state index contributed by atoms with van der Waals surface area (Å²) in [5, 5.41) is 11.9. The largest absolute Gasteiger partial charge is 0.491 e. The molecule has 0 heterocycles. The van der Waals surface area contributed by atoms with Crippen molar-refractivity contribution in [3.05, 3.63) is 29.8 Å². The zero-order chi connectivity index (χ0) is 16.8. The number of benzene rings is 1. The Morgan fingerprint density at radius 2 is 1.86 bits per heavy atom. The van der Waals surface area contributed by atoms with Crippen molar-refractivity contribution in [3.63, 3.8) is 0 Å². The van der Waals surface area contributed by atoms with Crippen molar-refractivity contribution >= 4 is 6.09 Å². The van der Waals surface area contributed by atoms with Gasteiger partial charge in [0.15, 0.2) is 0 Å². The fourth-order valence-electron chi connectivity index (χ4n) is 1.79. The maximum atomic E-state index is 11.6. The van der Waals surface area contributed by atoms with Crippen LogP contribution in [0.2, 0.25) is 0 Å². The van der Waals surface area contributed by atoms with Crippen LogP contribution in [0, 0.1) is 11.3 Å². The molecule has 0 aliphatic carbocycles. The van der Waals surface area contributed by atoms with Gasteiger partial charge in [-0.25, -0.2) is 4.79 Å². The molecule has 1 aromatic carbocycles. The van der Waals surface area contributed by atoms with Crippen molar-refractivity contribution in [3.8, 4) is 11.8 Å². The number of carbonyl (C=O) groups is 1. The molecule has 0 saturated carbocycles. The molecule has 0 saturated heterocycles. The second-order valence-electron chi connectivity index (χ2n) is 6.30. The average molecular weight is 304 g/mol. The van der Waals surface area contributed by atoms with Crippen molar-refractivity contribution in [2.45, 2.75) is 52.2 Å². The minimum Gasteiger partial charge on any atom is -0.491 e. The second kappa shape index (κ2) is 7.69. The zero-order valence-corrected chi connectivity index (χ0v) is 13.8. The summed E-state index contributed by atoms with van der Waals surface area (Å²) < 4.78 is 10.7. The third-order valence-electron chi connectivity index (χ3n) is 2.66. The van der Waals surface area contributed by atoms with Crippen molar-refractivity contribution in [1.82, 2.24) is 5.32 Å². The number of amides is 1. The molecule has 0 aromatic heterocycles. The molecule has 1 unspecified atom stereocenters. The van der Waals surface area contributed by atoms with Gasteiger partial charge in [0.25, 0.3) is 0 Å². The van der Waals surface area contributed by atoms with E-state index >= 15 is 0 Å². The van der Waals surface area contributed by atoms with Gasteiger partial charge in [0.1, 0.15) is 11.4 Å². The molecule has 0 spiro atoms. The highest BCUT2D eigenvalue weighted by Gasteiger charge is 2.18. The minimum absolute atomic E-state index is 0.103. The van der Waals surface area contributed by atoms with Crippen LogP contribution in [0.4, 0.5) is 4.79 Å². The highest BCUT2D eigenvalue weighted by molar-refractivity contribution is 5.67. The number of hydrogen-bond acceptors (Lipinski definition) is 4. The molecule has 5 nitrogen and oxygen atoms in total. The third kappa shape index (κ3) is 6.49. The Bertz CT molecular complexity index is 524. The lowest BCUT2D eigenvalue weighted by molar-refractivity contribution is 0.0527. The van der Waals surface area contributed by atoms with E-state index in [1.54, 1.807) is 20.8 Å². The van der Waals surface area contributed by atoms with Crippen LogP contribution in [0.15, 0.2) is 24.3 Å². The topological polar surface area (TPSA) is 71.3 Å². The molecule has 1 rings (SSSR count). The predicted octanol–water partition coefficient (Wildman–Crippen LogP) is 3.61. The van der Waals surface area contributed by atoms with E-state index in [0.717, 1.165) is 11.3 Å². The van der Waals surface area contributed by atoms with Gasteiger partial charge in [-0.3, -0.25) is 0 Å². The number of nitrogens with one attached hydrogen (secondary N) is 1. The summed E-state index contributed by atoms with van der Waals surface area (Å²) in [6.45, 7) is 9.49. The van der Waals surface area contributed by atoms with E-state index in [-0.39, 0.29) is 12.6 Å². The Labute approximate surface area is 132 Å². The third-order valence-corrected chi connectivity index (χ3v) is 2.66. The van der Waals surface area contributed by atoms with Crippen molar-refractivity contribution in [1.29, 1.82) is 5.26 Å². The molecular weight excluding hydrogens is 280 g/mol. The zero-order valence-electron chi connectivity index (χ0n) is 13.8. The summed E-state index contributed by atoms with van der Waals surface area (Å²) in [6, 6.07) is 9.51. The van der Waals surface area contributed by atoms with E-state index in [9.17, 15) is 10.1 Å². The quantitative estimate of drug-likeness (QED) is 0.902. The number of alkyl carbamates (subject to hydrolysis) is 1. The molecule has 1 amide bonds. The van der Waals surface area contributed by atoms with E-state index in [0.29, 0.717) is 0 Å². The standard InChI is InChI=1S/C17H24N2O3/c1-12(2)21-15-8-6-13(7-9-15)14(10-18)11-19-16(20)22-17(3,4)5/h6-9,12,14H,11H2,1-5H3,(H,19,20). The van der Waals surface area contributed by atoms with Crippen LogP contribution in [0.5, 0.6) is 5.75 Å². The van der Waals surface area contributed by atoms with Gasteiger partial charge < -0.3 is 14.8 Å². The lowest BCUT2D eigenvalue weighted by Crippen LogP contribution is -2.34. The summed E-state index contributed by atoms with van der Waals surface area (Å²) in [6.07, 6.45) is -0.418. The average Bonchev–Trinajstić information content (AvgIpc) is 2.38. The van der Waals surface area contributed by atoms with Crippen LogP contribution in [0.1, 0.15) is 46.1 Å². The SMILES string of the molecule is CC(C)Oc1ccc(C(C#N)CNC(=O)OC(C)(C)C)cc1.